The third kappa shape index (κ3) is 5.00. The molecule has 5 rings (SSSR count). The van der Waals surface area contributed by atoms with Crippen LogP contribution in [0.3, 0.4) is 0 Å². The summed E-state index contributed by atoms with van der Waals surface area (Å²) in [6.07, 6.45) is 9.22. The quantitative estimate of drug-likeness (QED) is 0.408. The highest BCUT2D eigenvalue weighted by molar-refractivity contribution is 5.92. The highest BCUT2D eigenvalue weighted by Crippen LogP contribution is 2.36. The SMILES string of the molecule is O=C(/C=C/c1ccccc1)NCC1CCC(c2nnc(-c3nccc4ccccc34)o2)CC1. The van der Waals surface area contributed by atoms with Crippen molar-refractivity contribution in [1.29, 1.82) is 0 Å². The molecule has 4 aromatic rings. The molecule has 0 unspecified atom stereocenters. The van der Waals surface area contributed by atoms with Crippen LogP contribution in [0.5, 0.6) is 0 Å². The molecule has 2 heterocycles. The van der Waals surface area contributed by atoms with Crippen molar-refractivity contribution >= 4 is 22.8 Å². The van der Waals surface area contributed by atoms with Gasteiger partial charge in [0.2, 0.25) is 11.8 Å². The minimum atomic E-state index is -0.0508. The molecule has 1 saturated carbocycles. The van der Waals surface area contributed by atoms with Gasteiger partial charge in [-0.2, -0.15) is 0 Å². The van der Waals surface area contributed by atoms with Crippen LogP contribution in [0.4, 0.5) is 0 Å². The fourth-order valence-electron chi connectivity index (χ4n) is 4.44. The lowest BCUT2D eigenvalue weighted by atomic mass is 9.82. The van der Waals surface area contributed by atoms with Crippen molar-refractivity contribution in [3.8, 4) is 11.6 Å². The molecule has 1 fully saturated rings. The van der Waals surface area contributed by atoms with Crippen LogP contribution in [-0.4, -0.2) is 27.6 Å². The molecule has 2 aromatic carbocycles. The van der Waals surface area contributed by atoms with Crippen molar-refractivity contribution < 1.29 is 9.21 Å². The normalized spacial score (nSPS) is 18.5. The second-order valence-corrected chi connectivity index (χ2v) is 8.53. The molecule has 0 saturated heterocycles. The number of hydrogen-bond donors (Lipinski definition) is 1. The highest BCUT2D eigenvalue weighted by Gasteiger charge is 2.27. The zero-order chi connectivity index (χ0) is 22.5. The van der Waals surface area contributed by atoms with Gasteiger partial charge in [-0.05, 0) is 54.7 Å². The second-order valence-electron chi connectivity index (χ2n) is 8.53. The van der Waals surface area contributed by atoms with E-state index in [1.54, 1.807) is 12.3 Å². The van der Waals surface area contributed by atoms with E-state index < -0.39 is 0 Å². The minimum absolute atomic E-state index is 0.0508. The first-order chi connectivity index (χ1) is 16.3. The number of nitrogens with one attached hydrogen (secondary N) is 1. The Morgan fingerprint density at radius 3 is 2.61 bits per heavy atom. The Morgan fingerprint density at radius 1 is 0.970 bits per heavy atom. The largest absolute Gasteiger partial charge is 0.419 e. The lowest BCUT2D eigenvalue weighted by molar-refractivity contribution is -0.116. The fourth-order valence-corrected chi connectivity index (χ4v) is 4.44. The summed E-state index contributed by atoms with van der Waals surface area (Å²) >= 11 is 0. The van der Waals surface area contributed by atoms with Crippen LogP contribution >= 0.6 is 0 Å². The third-order valence-corrected chi connectivity index (χ3v) is 6.30. The monoisotopic (exact) mass is 438 g/mol. The van der Waals surface area contributed by atoms with Crippen molar-refractivity contribution in [2.45, 2.75) is 31.6 Å². The Kier molecular flexibility index (Phi) is 6.24. The fraction of sp³-hybridized carbons (Fsp3) is 0.259. The van der Waals surface area contributed by atoms with E-state index in [0.717, 1.165) is 47.7 Å². The molecule has 2 aromatic heterocycles. The summed E-state index contributed by atoms with van der Waals surface area (Å²) in [6.45, 7) is 0.694. The number of hydrogen-bond acceptors (Lipinski definition) is 5. The third-order valence-electron chi connectivity index (χ3n) is 6.30. The summed E-state index contributed by atoms with van der Waals surface area (Å²) in [7, 11) is 0. The summed E-state index contributed by atoms with van der Waals surface area (Å²) in [6, 6.07) is 19.9. The van der Waals surface area contributed by atoms with Crippen molar-refractivity contribution in [2.75, 3.05) is 6.54 Å². The van der Waals surface area contributed by atoms with Crippen molar-refractivity contribution in [3.05, 3.63) is 84.4 Å². The standard InChI is InChI=1S/C27H26N4O2/c32-24(15-12-19-6-2-1-3-7-19)29-18-20-10-13-22(14-11-20)26-30-31-27(33-26)25-23-9-5-4-8-21(23)16-17-28-25/h1-9,12,15-17,20,22H,10-11,13-14,18H2,(H,29,32)/b15-12+. The number of rotatable bonds is 6. The van der Waals surface area contributed by atoms with Crippen LogP contribution in [0.25, 0.3) is 28.4 Å². The summed E-state index contributed by atoms with van der Waals surface area (Å²) in [5.74, 6) is 1.84. The molecule has 1 aliphatic rings. The molecule has 0 radical (unpaired) electrons. The summed E-state index contributed by atoms with van der Waals surface area (Å²) < 4.78 is 6.06. The summed E-state index contributed by atoms with van der Waals surface area (Å²) in [4.78, 5) is 16.6. The lowest BCUT2D eigenvalue weighted by Gasteiger charge is -2.26. The van der Waals surface area contributed by atoms with Gasteiger partial charge in [0.25, 0.3) is 5.89 Å². The molecule has 0 aliphatic heterocycles. The second kappa shape index (κ2) is 9.77. The van der Waals surface area contributed by atoms with Gasteiger partial charge in [-0.15, -0.1) is 10.2 Å². The van der Waals surface area contributed by atoms with E-state index in [2.05, 4.69) is 26.6 Å². The van der Waals surface area contributed by atoms with Gasteiger partial charge in [-0.25, -0.2) is 0 Å². The number of amides is 1. The Labute approximate surface area is 192 Å². The van der Waals surface area contributed by atoms with Gasteiger partial charge in [0.15, 0.2) is 0 Å². The molecule has 1 aliphatic carbocycles. The number of carbonyl (C=O) groups is 1. The number of nitrogens with zero attached hydrogens (tertiary/aromatic N) is 3. The Hall–Kier alpha value is -3.80. The Balaban J connectivity index is 1.15. The molecule has 0 atom stereocenters. The zero-order valence-corrected chi connectivity index (χ0v) is 18.4. The maximum absolute atomic E-state index is 12.1. The molecule has 6 nitrogen and oxygen atoms in total. The van der Waals surface area contributed by atoms with Gasteiger partial charge in [0.05, 0.1) is 0 Å². The van der Waals surface area contributed by atoms with Gasteiger partial charge < -0.3 is 9.73 Å². The lowest BCUT2D eigenvalue weighted by Crippen LogP contribution is -2.29. The van der Waals surface area contributed by atoms with Crippen molar-refractivity contribution in [3.63, 3.8) is 0 Å². The molecule has 1 amide bonds. The first-order valence-electron chi connectivity index (χ1n) is 11.4. The minimum Gasteiger partial charge on any atom is -0.419 e. The summed E-state index contributed by atoms with van der Waals surface area (Å²) in [5, 5.41) is 13.8. The number of aromatic nitrogens is 3. The van der Waals surface area contributed by atoms with E-state index in [9.17, 15) is 4.79 Å². The van der Waals surface area contributed by atoms with E-state index in [-0.39, 0.29) is 11.8 Å². The highest BCUT2D eigenvalue weighted by atomic mass is 16.4. The Bertz CT molecular complexity index is 1250. The summed E-state index contributed by atoms with van der Waals surface area (Å²) in [5.41, 5.74) is 1.75. The van der Waals surface area contributed by atoms with Gasteiger partial charge in [0, 0.05) is 30.1 Å². The molecular formula is C27H26N4O2. The van der Waals surface area contributed by atoms with Crippen molar-refractivity contribution in [2.24, 2.45) is 5.92 Å². The molecule has 0 bridgehead atoms. The van der Waals surface area contributed by atoms with Gasteiger partial charge in [0.1, 0.15) is 5.69 Å². The van der Waals surface area contributed by atoms with Gasteiger partial charge in [-0.3, -0.25) is 9.78 Å². The van der Waals surface area contributed by atoms with Crippen molar-refractivity contribution in [1.82, 2.24) is 20.5 Å². The first kappa shape index (κ1) is 21.1. The van der Waals surface area contributed by atoms with Crippen LogP contribution in [0.15, 0.2) is 77.4 Å². The number of pyridine rings is 1. The van der Waals surface area contributed by atoms with Crippen LogP contribution < -0.4 is 5.32 Å². The van der Waals surface area contributed by atoms with Crippen LogP contribution in [0, 0.1) is 5.92 Å². The number of benzene rings is 2. The predicted octanol–water partition coefficient (Wildman–Crippen LogP) is 5.39. The molecular weight excluding hydrogens is 412 g/mol. The number of carbonyl (C=O) groups excluding carboxylic acids is 1. The van der Waals surface area contributed by atoms with Gasteiger partial charge in [-0.1, -0.05) is 54.6 Å². The molecule has 33 heavy (non-hydrogen) atoms. The van der Waals surface area contributed by atoms with E-state index >= 15 is 0 Å². The van der Waals surface area contributed by atoms with Crippen LogP contribution in [-0.2, 0) is 4.79 Å². The average molecular weight is 439 g/mol. The Morgan fingerprint density at radius 2 is 1.76 bits per heavy atom. The van der Waals surface area contributed by atoms with Gasteiger partial charge >= 0.3 is 0 Å². The molecule has 166 valence electrons. The molecule has 6 heteroatoms. The van der Waals surface area contributed by atoms with E-state index in [1.807, 2.05) is 60.7 Å². The first-order valence-corrected chi connectivity index (χ1v) is 11.4. The molecule has 0 spiro atoms. The van der Waals surface area contributed by atoms with E-state index in [4.69, 9.17) is 4.42 Å². The van der Waals surface area contributed by atoms with Crippen LogP contribution in [0.1, 0.15) is 43.1 Å². The van der Waals surface area contributed by atoms with E-state index in [0.29, 0.717) is 24.2 Å². The van der Waals surface area contributed by atoms with Crippen LogP contribution in [0.2, 0.25) is 0 Å². The maximum Gasteiger partial charge on any atom is 0.266 e. The topological polar surface area (TPSA) is 80.9 Å². The maximum atomic E-state index is 12.1. The zero-order valence-electron chi connectivity index (χ0n) is 18.4. The average Bonchev–Trinajstić information content (AvgIpc) is 3.37. The number of fused-ring (bicyclic) bond motifs is 1. The molecule has 1 N–H and O–H groups in total. The van der Waals surface area contributed by atoms with E-state index in [1.165, 1.54) is 0 Å². The smallest absolute Gasteiger partial charge is 0.266 e. The predicted molar refractivity (Wildman–Crippen MR) is 128 cm³/mol.